The van der Waals surface area contributed by atoms with E-state index in [2.05, 4.69) is 55.6 Å². The molecule has 0 aliphatic carbocycles. The van der Waals surface area contributed by atoms with Crippen molar-refractivity contribution in [3.8, 4) is 0 Å². The van der Waals surface area contributed by atoms with Gasteiger partial charge in [0.15, 0.2) is 5.96 Å². The molecule has 0 saturated carbocycles. The molecule has 23 heavy (non-hydrogen) atoms. The van der Waals surface area contributed by atoms with E-state index >= 15 is 0 Å². The number of hydrogen-bond donors (Lipinski definition) is 2. The second-order valence-corrected chi connectivity index (χ2v) is 6.47. The summed E-state index contributed by atoms with van der Waals surface area (Å²) in [4.78, 5) is 8.32. The average molecular weight is 396 g/mol. The van der Waals surface area contributed by atoms with Gasteiger partial charge >= 0.3 is 0 Å². The van der Waals surface area contributed by atoms with Crippen LogP contribution in [0.4, 0.5) is 0 Å². The summed E-state index contributed by atoms with van der Waals surface area (Å²) in [6.45, 7) is 3.62. The Kier molecular flexibility index (Phi) is 6.86. The number of guanidine groups is 1. The van der Waals surface area contributed by atoms with Crippen LogP contribution in [0.3, 0.4) is 0 Å². The van der Waals surface area contributed by atoms with Crippen molar-refractivity contribution in [1.29, 1.82) is 0 Å². The average Bonchev–Trinajstić information content (AvgIpc) is 2.54. The van der Waals surface area contributed by atoms with Crippen LogP contribution in [0.15, 0.2) is 46.0 Å². The molecule has 1 aromatic heterocycles. The van der Waals surface area contributed by atoms with Crippen LogP contribution in [-0.4, -0.2) is 24.5 Å². The number of nitrogens with zero attached hydrogens (tertiary/aromatic N) is 2. The third kappa shape index (κ3) is 5.84. The van der Waals surface area contributed by atoms with E-state index in [-0.39, 0.29) is 0 Å². The van der Waals surface area contributed by atoms with Crippen molar-refractivity contribution in [3.63, 3.8) is 0 Å². The predicted octanol–water partition coefficient (Wildman–Crippen LogP) is 3.71. The summed E-state index contributed by atoms with van der Waals surface area (Å²) < 4.78 is 1.10. The smallest absolute Gasteiger partial charge is 0.191 e. The van der Waals surface area contributed by atoms with Crippen molar-refractivity contribution in [2.75, 3.05) is 13.6 Å². The molecule has 122 valence electrons. The van der Waals surface area contributed by atoms with Crippen molar-refractivity contribution in [3.05, 3.63) is 62.8 Å². The van der Waals surface area contributed by atoms with Crippen LogP contribution >= 0.6 is 27.5 Å². The first kappa shape index (κ1) is 17.8. The molecule has 0 unspecified atom stereocenters. The molecular formula is C17H20BrClN4. The SMILES string of the molecule is CN=C(NCCc1ccc(Cl)nc1)NCc1ccc(Br)cc1C. The van der Waals surface area contributed by atoms with E-state index in [1.807, 2.05) is 12.1 Å². The number of nitrogens with one attached hydrogen (secondary N) is 2. The van der Waals surface area contributed by atoms with Crippen LogP contribution in [0.1, 0.15) is 16.7 Å². The summed E-state index contributed by atoms with van der Waals surface area (Å²) in [7, 11) is 1.77. The second-order valence-electron chi connectivity index (χ2n) is 5.16. The number of aliphatic imine (C=N–C) groups is 1. The molecule has 6 heteroatoms. The number of pyridine rings is 1. The van der Waals surface area contributed by atoms with Gasteiger partial charge in [-0.15, -0.1) is 0 Å². The molecule has 0 amide bonds. The fourth-order valence-electron chi connectivity index (χ4n) is 2.14. The first-order valence-electron chi connectivity index (χ1n) is 7.38. The second kappa shape index (κ2) is 8.89. The third-order valence-electron chi connectivity index (χ3n) is 3.47. The van der Waals surface area contributed by atoms with E-state index in [1.165, 1.54) is 11.1 Å². The van der Waals surface area contributed by atoms with Crippen molar-refractivity contribution >= 4 is 33.5 Å². The van der Waals surface area contributed by atoms with E-state index < -0.39 is 0 Å². The normalized spacial score (nSPS) is 11.4. The van der Waals surface area contributed by atoms with E-state index in [1.54, 1.807) is 19.3 Å². The van der Waals surface area contributed by atoms with Crippen LogP contribution in [0.5, 0.6) is 0 Å². The van der Waals surface area contributed by atoms with Crippen molar-refractivity contribution < 1.29 is 0 Å². The number of halogens is 2. The maximum absolute atomic E-state index is 5.78. The lowest BCUT2D eigenvalue weighted by atomic mass is 10.1. The zero-order valence-corrected chi connectivity index (χ0v) is 15.6. The monoisotopic (exact) mass is 394 g/mol. The highest BCUT2D eigenvalue weighted by Gasteiger charge is 2.02. The molecule has 1 heterocycles. The maximum Gasteiger partial charge on any atom is 0.191 e. The Morgan fingerprint density at radius 2 is 2.09 bits per heavy atom. The molecule has 2 rings (SSSR count). The van der Waals surface area contributed by atoms with Gasteiger partial charge in [0.25, 0.3) is 0 Å². The number of aryl methyl sites for hydroxylation is 1. The Balaban J connectivity index is 1.80. The Morgan fingerprint density at radius 3 is 2.74 bits per heavy atom. The van der Waals surface area contributed by atoms with E-state index in [0.29, 0.717) is 5.15 Å². The van der Waals surface area contributed by atoms with Gasteiger partial charge in [-0.3, -0.25) is 4.99 Å². The van der Waals surface area contributed by atoms with E-state index in [9.17, 15) is 0 Å². The summed E-state index contributed by atoms with van der Waals surface area (Å²) in [6, 6.07) is 10.1. The topological polar surface area (TPSA) is 49.3 Å². The molecule has 0 atom stereocenters. The van der Waals surface area contributed by atoms with Crippen LogP contribution in [0.2, 0.25) is 5.15 Å². The fourth-order valence-corrected chi connectivity index (χ4v) is 2.72. The molecule has 0 aliphatic rings. The van der Waals surface area contributed by atoms with Crippen molar-refractivity contribution in [2.45, 2.75) is 19.9 Å². The molecule has 0 aliphatic heterocycles. The minimum atomic E-state index is 0.518. The maximum atomic E-state index is 5.78. The number of benzene rings is 1. The van der Waals surface area contributed by atoms with Crippen LogP contribution < -0.4 is 10.6 Å². The van der Waals surface area contributed by atoms with Gasteiger partial charge in [-0.25, -0.2) is 4.98 Å². The van der Waals surface area contributed by atoms with Gasteiger partial charge in [0.2, 0.25) is 0 Å². The molecule has 2 aromatic rings. The molecular weight excluding hydrogens is 376 g/mol. The van der Waals surface area contributed by atoms with Crippen LogP contribution in [-0.2, 0) is 13.0 Å². The largest absolute Gasteiger partial charge is 0.356 e. The zero-order valence-electron chi connectivity index (χ0n) is 13.2. The molecule has 0 fully saturated rings. The molecule has 0 bridgehead atoms. The number of rotatable bonds is 5. The lowest BCUT2D eigenvalue weighted by Crippen LogP contribution is -2.38. The van der Waals surface area contributed by atoms with Gasteiger partial charge in [-0.1, -0.05) is 39.7 Å². The van der Waals surface area contributed by atoms with Crippen molar-refractivity contribution in [1.82, 2.24) is 15.6 Å². The Bertz CT molecular complexity index is 671. The van der Waals surface area contributed by atoms with Gasteiger partial charge in [-0.05, 0) is 48.2 Å². The molecule has 4 nitrogen and oxygen atoms in total. The number of aromatic nitrogens is 1. The summed E-state index contributed by atoms with van der Waals surface area (Å²) >= 11 is 9.26. The van der Waals surface area contributed by atoms with E-state index in [4.69, 9.17) is 11.6 Å². The zero-order chi connectivity index (χ0) is 16.7. The molecule has 0 saturated heterocycles. The summed E-state index contributed by atoms with van der Waals surface area (Å²) in [5, 5.41) is 7.15. The molecule has 0 radical (unpaired) electrons. The van der Waals surface area contributed by atoms with E-state index in [0.717, 1.165) is 35.5 Å². The standard InChI is InChI=1S/C17H20BrClN4/c1-12-9-15(18)5-4-14(12)11-23-17(20-2)21-8-7-13-3-6-16(19)22-10-13/h3-6,9-10H,7-8,11H2,1-2H3,(H2,20,21,23). The molecule has 1 aromatic carbocycles. The third-order valence-corrected chi connectivity index (χ3v) is 4.19. The fraction of sp³-hybridized carbons (Fsp3) is 0.294. The summed E-state index contributed by atoms with van der Waals surface area (Å²) in [5.74, 6) is 0.786. The van der Waals surface area contributed by atoms with Gasteiger partial charge in [0.1, 0.15) is 5.15 Å². The molecule has 0 spiro atoms. The van der Waals surface area contributed by atoms with Gasteiger partial charge < -0.3 is 10.6 Å². The predicted molar refractivity (Wildman–Crippen MR) is 100 cm³/mol. The molecule has 2 N–H and O–H groups in total. The summed E-state index contributed by atoms with van der Waals surface area (Å²) in [5.41, 5.74) is 3.63. The first-order valence-corrected chi connectivity index (χ1v) is 8.55. The van der Waals surface area contributed by atoms with Gasteiger partial charge in [0.05, 0.1) is 0 Å². The number of hydrogen-bond acceptors (Lipinski definition) is 2. The Labute approximate surface area is 150 Å². The first-order chi connectivity index (χ1) is 11.1. The summed E-state index contributed by atoms with van der Waals surface area (Å²) in [6.07, 6.45) is 2.66. The van der Waals surface area contributed by atoms with Crippen molar-refractivity contribution in [2.24, 2.45) is 4.99 Å². The highest BCUT2D eigenvalue weighted by atomic mass is 79.9. The quantitative estimate of drug-likeness (QED) is 0.461. The lowest BCUT2D eigenvalue weighted by molar-refractivity contribution is 0.791. The van der Waals surface area contributed by atoms with Gasteiger partial charge in [0, 0.05) is 30.8 Å². The van der Waals surface area contributed by atoms with Gasteiger partial charge in [-0.2, -0.15) is 0 Å². The van der Waals surface area contributed by atoms with Crippen LogP contribution in [0.25, 0.3) is 0 Å². The Morgan fingerprint density at radius 1 is 1.26 bits per heavy atom. The highest BCUT2D eigenvalue weighted by molar-refractivity contribution is 9.10. The minimum absolute atomic E-state index is 0.518. The van der Waals surface area contributed by atoms with Crippen LogP contribution in [0, 0.1) is 6.92 Å². The minimum Gasteiger partial charge on any atom is -0.356 e. The lowest BCUT2D eigenvalue weighted by Gasteiger charge is -2.13. The highest BCUT2D eigenvalue weighted by Crippen LogP contribution is 2.15. The Hall–Kier alpha value is -1.59.